The van der Waals surface area contributed by atoms with Crippen LogP contribution < -0.4 is 10.6 Å². The van der Waals surface area contributed by atoms with E-state index in [1.54, 1.807) is 0 Å². The maximum atomic E-state index is 11.6. The average Bonchev–Trinajstić information content (AvgIpc) is 3.20. The molecular weight excluding hydrogens is 212 g/mol. The Kier molecular flexibility index (Phi) is 2.85. The Morgan fingerprint density at radius 3 is 2.82 bits per heavy atom. The summed E-state index contributed by atoms with van der Waals surface area (Å²) >= 11 is 0. The molecule has 2 N–H and O–H groups in total. The van der Waals surface area contributed by atoms with Crippen molar-refractivity contribution in [3.8, 4) is 0 Å². The van der Waals surface area contributed by atoms with Crippen LogP contribution >= 0.6 is 0 Å². The minimum absolute atomic E-state index is 0.241. The quantitative estimate of drug-likeness (QED) is 0.820. The standard InChI is InChI=1S/C14H18N2O/c17-14(10-5-6-10)16-9-13-7-11-3-1-2-4-12(11)8-15-13/h1-4,10,13,15H,5-9H2,(H,16,17). The van der Waals surface area contributed by atoms with Crippen molar-refractivity contribution in [2.45, 2.75) is 31.8 Å². The molecule has 1 heterocycles. The van der Waals surface area contributed by atoms with Gasteiger partial charge in [-0.2, -0.15) is 0 Å². The van der Waals surface area contributed by atoms with E-state index in [2.05, 4.69) is 34.9 Å². The summed E-state index contributed by atoms with van der Waals surface area (Å²) in [5.41, 5.74) is 2.80. The highest BCUT2D eigenvalue weighted by molar-refractivity contribution is 5.80. The highest BCUT2D eigenvalue weighted by Crippen LogP contribution is 2.28. The van der Waals surface area contributed by atoms with Crippen LogP contribution in [0.2, 0.25) is 0 Å². The maximum Gasteiger partial charge on any atom is 0.223 e. The zero-order valence-corrected chi connectivity index (χ0v) is 9.91. The molecule has 1 aromatic carbocycles. The molecule has 1 atom stereocenters. The number of rotatable bonds is 3. The first-order chi connectivity index (χ1) is 8.33. The number of fused-ring (bicyclic) bond motifs is 1. The molecule has 1 unspecified atom stereocenters. The lowest BCUT2D eigenvalue weighted by Gasteiger charge is -2.26. The molecule has 3 heteroatoms. The molecule has 1 saturated carbocycles. The van der Waals surface area contributed by atoms with Crippen molar-refractivity contribution in [3.63, 3.8) is 0 Å². The molecule has 90 valence electrons. The molecular formula is C14H18N2O. The number of carbonyl (C=O) groups excluding carboxylic acids is 1. The molecule has 17 heavy (non-hydrogen) atoms. The van der Waals surface area contributed by atoms with Crippen LogP contribution in [0.25, 0.3) is 0 Å². The third kappa shape index (κ3) is 2.50. The van der Waals surface area contributed by atoms with Crippen molar-refractivity contribution >= 4 is 5.91 Å². The second kappa shape index (κ2) is 4.49. The lowest BCUT2D eigenvalue weighted by atomic mass is 9.96. The van der Waals surface area contributed by atoms with E-state index in [9.17, 15) is 4.79 Å². The molecule has 1 amide bonds. The minimum Gasteiger partial charge on any atom is -0.354 e. The zero-order valence-electron chi connectivity index (χ0n) is 9.91. The third-order valence-corrected chi connectivity index (χ3v) is 3.64. The summed E-state index contributed by atoms with van der Waals surface area (Å²) in [6.45, 7) is 1.67. The van der Waals surface area contributed by atoms with E-state index >= 15 is 0 Å². The summed E-state index contributed by atoms with van der Waals surface area (Å²) in [6, 6.07) is 8.90. The number of benzene rings is 1. The van der Waals surface area contributed by atoms with Gasteiger partial charge in [-0.1, -0.05) is 24.3 Å². The van der Waals surface area contributed by atoms with Gasteiger partial charge in [0.1, 0.15) is 0 Å². The normalized spacial score (nSPS) is 22.9. The number of carbonyl (C=O) groups is 1. The summed E-state index contributed by atoms with van der Waals surface area (Å²) in [6.07, 6.45) is 3.17. The van der Waals surface area contributed by atoms with E-state index in [1.807, 2.05) is 0 Å². The molecule has 0 bridgehead atoms. The average molecular weight is 230 g/mol. The van der Waals surface area contributed by atoms with Gasteiger partial charge in [-0.05, 0) is 30.4 Å². The van der Waals surface area contributed by atoms with Gasteiger partial charge in [-0.25, -0.2) is 0 Å². The number of amides is 1. The first-order valence-electron chi connectivity index (χ1n) is 6.41. The van der Waals surface area contributed by atoms with E-state index in [0.717, 1.165) is 32.4 Å². The summed E-state index contributed by atoms with van der Waals surface area (Å²) in [4.78, 5) is 11.6. The number of nitrogens with one attached hydrogen (secondary N) is 2. The molecule has 0 spiro atoms. The van der Waals surface area contributed by atoms with Gasteiger partial charge in [-0.15, -0.1) is 0 Å². The smallest absolute Gasteiger partial charge is 0.223 e. The Hall–Kier alpha value is -1.35. The maximum absolute atomic E-state index is 11.6. The van der Waals surface area contributed by atoms with Crippen LogP contribution in [0.3, 0.4) is 0 Å². The Labute approximate surface area is 102 Å². The van der Waals surface area contributed by atoms with Gasteiger partial charge in [-0.3, -0.25) is 4.79 Å². The van der Waals surface area contributed by atoms with Crippen LogP contribution in [0, 0.1) is 5.92 Å². The van der Waals surface area contributed by atoms with Gasteiger partial charge in [0.05, 0.1) is 0 Å². The molecule has 0 saturated heterocycles. The lowest BCUT2D eigenvalue weighted by Crippen LogP contribution is -2.44. The minimum atomic E-state index is 0.241. The molecule has 2 aliphatic rings. The predicted octanol–water partition coefficient (Wildman–Crippen LogP) is 1.23. The highest BCUT2D eigenvalue weighted by atomic mass is 16.2. The molecule has 3 nitrogen and oxygen atoms in total. The number of hydrogen-bond acceptors (Lipinski definition) is 2. The number of hydrogen-bond donors (Lipinski definition) is 2. The summed E-state index contributed by atoms with van der Waals surface area (Å²) in [5.74, 6) is 0.552. The molecule has 1 fully saturated rings. The Morgan fingerprint density at radius 1 is 1.29 bits per heavy atom. The van der Waals surface area contributed by atoms with Crippen LogP contribution in [0.1, 0.15) is 24.0 Å². The van der Waals surface area contributed by atoms with Crippen LogP contribution in [-0.4, -0.2) is 18.5 Å². The molecule has 3 rings (SSSR count). The van der Waals surface area contributed by atoms with Crippen LogP contribution in [-0.2, 0) is 17.8 Å². The fourth-order valence-corrected chi connectivity index (χ4v) is 2.38. The SMILES string of the molecule is O=C(NCC1Cc2ccccc2CN1)C1CC1. The summed E-state index contributed by atoms with van der Waals surface area (Å²) in [5, 5.41) is 6.52. The summed E-state index contributed by atoms with van der Waals surface area (Å²) < 4.78 is 0. The molecule has 1 aliphatic heterocycles. The molecule has 1 aromatic rings. The fraction of sp³-hybridized carbons (Fsp3) is 0.500. The third-order valence-electron chi connectivity index (χ3n) is 3.64. The first-order valence-corrected chi connectivity index (χ1v) is 6.41. The van der Waals surface area contributed by atoms with Gasteiger partial charge in [0, 0.05) is 25.0 Å². The first kappa shape index (κ1) is 10.8. The molecule has 0 aromatic heterocycles. The second-order valence-electron chi connectivity index (χ2n) is 5.07. The van der Waals surface area contributed by atoms with Crippen molar-refractivity contribution in [2.75, 3.05) is 6.54 Å². The lowest BCUT2D eigenvalue weighted by molar-refractivity contribution is -0.122. The molecule has 1 aliphatic carbocycles. The van der Waals surface area contributed by atoms with Gasteiger partial charge < -0.3 is 10.6 Å². The van der Waals surface area contributed by atoms with Crippen LogP contribution in [0.15, 0.2) is 24.3 Å². The van der Waals surface area contributed by atoms with E-state index in [4.69, 9.17) is 0 Å². The zero-order chi connectivity index (χ0) is 11.7. The highest BCUT2D eigenvalue weighted by Gasteiger charge is 2.30. The van der Waals surface area contributed by atoms with Crippen molar-refractivity contribution in [3.05, 3.63) is 35.4 Å². The van der Waals surface area contributed by atoms with E-state index in [1.165, 1.54) is 11.1 Å². The topological polar surface area (TPSA) is 41.1 Å². The van der Waals surface area contributed by atoms with Crippen LogP contribution in [0.4, 0.5) is 0 Å². The Balaban J connectivity index is 1.55. The van der Waals surface area contributed by atoms with Gasteiger partial charge in [0.15, 0.2) is 0 Å². The summed E-state index contributed by atoms with van der Waals surface area (Å²) in [7, 11) is 0. The fourth-order valence-electron chi connectivity index (χ4n) is 2.38. The van der Waals surface area contributed by atoms with Crippen molar-refractivity contribution < 1.29 is 4.79 Å². The van der Waals surface area contributed by atoms with E-state index in [0.29, 0.717) is 12.0 Å². The Morgan fingerprint density at radius 2 is 2.06 bits per heavy atom. The Bertz CT molecular complexity index is 426. The van der Waals surface area contributed by atoms with Crippen molar-refractivity contribution in [2.24, 2.45) is 5.92 Å². The predicted molar refractivity (Wildman–Crippen MR) is 66.5 cm³/mol. The largest absolute Gasteiger partial charge is 0.354 e. The van der Waals surface area contributed by atoms with Gasteiger partial charge in [0.25, 0.3) is 0 Å². The van der Waals surface area contributed by atoms with E-state index in [-0.39, 0.29) is 5.91 Å². The van der Waals surface area contributed by atoms with Crippen molar-refractivity contribution in [1.29, 1.82) is 0 Å². The van der Waals surface area contributed by atoms with Crippen LogP contribution in [0.5, 0.6) is 0 Å². The van der Waals surface area contributed by atoms with Gasteiger partial charge >= 0.3 is 0 Å². The molecule has 0 radical (unpaired) electrons. The van der Waals surface area contributed by atoms with Crippen molar-refractivity contribution in [1.82, 2.24) is 10.6 Å². The monoisotopic (exact) mass is 230 g/mol. The van der Waals surface area contributed by atoms with E-state index < -0.39 is 0 Å². The van der Waals surface area contributed by atoms with Gasteiger partial charge in [0.2, 0.25) is 5.91 Å². The second-order valence-corrected chi connectivity index (χ2v) is 5.07.